The highest BCUT2D eigenvalue weighted by Crippen LogP contribution is 2.15. The van der Waals surface area contributed by atoms with Gasteiger partial charge in [0.1, 0.15) is 12.2 Å². The molecule has 8 nitrogen and oxygen atoms in total. The lowest BCUT2D eigenvalue weighted by atomic mass is 10.0. The number of aliphatic hydroxyl groups is 2. The second-order valence-electron chi connectivity index (χ2n) is 7.33. The first kappa shape index (κ1) is 26.6. The number of amides is 1. The van der Waals surface area contributed by atoms with Crippen molar-refractivity contribution in [1.82, 2.24) is 10.2 Å². The van der Waals surface area contributed by atoms with E-state index in [4.69, 9.17) is 19.7 Å². The molecule has 166 valence electrons. The van der Waals surface area contributed by atoms with Gasteiger partial charge in [-0.2, -0.15) is 0 Å². The molecule has 0 fully saturated rings. The predicted molar refractivity (Wildman–Crippen MR) is 108 cm³/mol. The van der Waals surface area contributed by atoms with Gasteiger partial charge in [0.05, 0.1) is 13.2 Å². The molecule has 0 aromatic rings. The van der Waals surface area contributed by atoms with Crippen LogP contribution < -0.4 is 5.32 Å². The summed E-state index contributed by atoms with van der Waals surface area (Å²) in [6, 6.07) is 0. The molecule has 0 spiro atoms. The molecule has 8 heteroatoms. The van der Waals surface area contributed by atoms with E-state index >= 15 is 0 Å². The number of aliphatic hydroxyl groups excluding tert-OH is 2. The number of likely N-dealkylation sites (N-methyl/N-ethyl adjacent to an activating group) is 1. The van der Waals surface area contributed by atoms with Crippen molar-refractivity contribution in [2.75, 3.05) is 40.4 Å². The molecule has 0 bridgehead atoms. The van der Waals surface area contributed by atoms with Gasteiger partial charge in [0.15, 0.2) is 0 Å². The standard InChI is InChI=1S/C20H40N2O6/c1-4-5-6-7-8-9-10-17(28-20(26)21-13-14-22(2)3)11-12-19(25)27-18(15-23)16-24/h17-18,23-24H,4-16H2,1-3H3,(H,21,26). The Morgan fingerprint density at radius 2 is 1.57 bits per heavy atom. The number of ether oxygens (including phenoxy) is 2. The molecule has 0 radical (unpaired) electrons. The lowest BCUT2D eigenvalue weighted by Gasteiger charge is -2.19. The van der Waals surface area contributed by atoms with Gasteiger partial charge in [0.25, 0.3) is 0 Å². The van der Waals surface area contributed by atoms with Gasteiger partial charge in [-0.25, -0.2) is 4.79 Å². The number of hydrogen-bond donors (Lipinski definition) is 3. The largest absolute Gasteiger partial charge is 0.457 e. The van der Waals surface area contributed by atoms with E-state index in [9.17, 15) is 9.59 Å². The van der Waals surface area contributed by atoms with Gasteiger partial charge in [-0.05, 0) is 33.4 Å². The molecule has 0 aliphatic carbocycles. The van der Waals surface area contributed by atoms with Gasteiger partial charge >= 0.3 is 12.1 Å². The number of carbonyl (C=O) groups excluding carboxylic acids is 2. The molecule has 3 N–H and O–H groups in total. The lowest BCUT2D eigenvalue weighted by Crippen LogP contribution is -2.34. The van der Waals surface area contributed by atoms with Crippen LogP contribution >= 0.6 is 0 Å². The molecule has 1 atom stereocenters. The van der Waals surface area contributed by atoms with Crippen LogP contribution in [-0.4, -0.2) is 79.8 Å². The van der Waals surface area contributed by atoms with E-state index in [1.807, 2.05) is 19.0 Å². The third kappa shape index (κ3) is 15.7. The van der Waals surface area contributed by atoms with Crippen molar-refractivity contribution in [3.8, 4) is 0 Å². The number of rotatable bonds is 17. The van der Waals surface area contributed by atoms with E-state index in [1.165, 1.54) is 19.3 Å². The van der Waals surface area contributed by atoms with Gasteiger partial charge in [-0.3, -0.25) is 4.79 Å². The van der Waals surface area contributed by atoms with Crippen LogP contribution in [0.3, 0.4) is 0 Å². The zero-order chi connectivity index (χ0) is 21.2. The molecule has 0 aromatic carbocycles. The Labute approximate surface area is 169 Å². The second-order valence-corrected chi connectivity index (χ2v) is 7.33. The summed E-state index contributed by atoms with van der Waals surface area (Å²) in [5.41, 5.74) is 0. The molecule has 0 saturated carbocycles. The average Bonchev–Trinajstić information content (AvgIpc) is 2.66. The Hall–Kier alpha value is -1.38. The van der Waals surface area contributed by atoms with Crippen molar-refractivity contribution in [2.45, 2.75) is 76.9 Å². The maximum absolute atomic E-state index is 12.0. The Morgan fingerprint density at radius 1 is 0.929 bits per heavy atom. The average molecular weight is 405 g/mol. The topological polar surface area (TPSA) is 108 Å². The number of hydrogen-bond acceptors (Lipinski definition) is 7. The third-order valence-corrected chi connectivity index (χ3v) is 4.36. The minimum absolute atomic E-state index is 0.0714. The minimum atomic E-state index is -0.903. The summed E-state index contributed by atoms with van der Waals surface area (Å²) in [6.07, 6.45) is 6.20. The highest BCUT2D eigenvalue weighted by atomic mass is 16.6. The Bertz CT molecular complexity index is 402. The number of unbranched alkanes of at least 4 members (excludes halogenated alkanes) is 5. The third-order valence-electron chi connectivity index (χ3n) is 4.36. The van der Waals surface area contributed by atoms with E-state index in [-0.39, 0.29) is 12.5 Å². The fraction of sp³-hybridized carbons (Fsp3) is 0.900. The molecule has 0 aliphatic heterocycles. The molecule has 1 unspecified atom stereocenters. The summed E-state index contributed by atoms with van der Waals surface area (Å²) in [5, 5.41) is 20.7. The van der Waals surface area contributed by atoms with Crippen LogP contribution in [0.2, 0.25) is 0 Å². The summed E-state index contributed by atoms with van der Waals surface area (Å²) < 4.78 is 10.5. The molecule has 0 rings (SSSR count). The lowest BCUT2D eigenvalue weighted by molar-refractivity contribution is -0.154. The summed E-state index contributed by atoms with van der Waals surface area (Å²) in [6.45, 7) is 2.54. The maximum atomic E-state index is 12.0. The molecule has 0 heterocycles. The van der Waals surface area contributed by atoms with Gasteiger partial charge in [-0.1, -0.05) is 39.0 Å². The molecule has 0 saturated heterocycles. The highest BCUT2D eigenvalue weighted by molar-refractivity contribution is 5.70. The molecule has 0 aromatic heterocycles. The van der Waals surface area contributed by atoms with Crippen molar-refractivity contribution < 1.29 is 29.3 Å². The zero-order valence-electron chi connectivity index (χ0n) is 17.8. The number of nitrogens with zero attached hydrogens (tertiary/aromatic N) is 1. The van der Waals surface area contributed by atoms with Crippen LogP contribution in [0, 0.1) is 0 Å². The summed E-state index contributed by atoms with van der Waals surface area (Å²) in [4.78, 5) is 25.8. The van der Waals surface area contributed by atoms with E-state index in [2.05, 4.69) is 12.2 Å². The monoisotopic (exact) mass is 404 g/mol. The van der Waals surface area contributed by atoms with Crippen LogP contribution in [0.25, 0.3) is 0 Å². The van der Waals surface area contributed by atoms with Crippen molar-refractivity contribution in [2.24, 2.45) is 0 Å². The van der Waals surface area contributed by atoms with Crippen molar-refractivity contribution in [3.63, 3.8) is 0 Å². The van der Waals surface area contributed by atoms with Crippen LogP contribution in [0.4, 0.5) is 4.79 Å². The molecular weight excluding hydrogens is 364 g/mol. The van der Waals surface area contributed by atoms with Gasteiger partial charge < -0.3 is 29.9 Å². The highest BCUT2D eigenvalue weighted by Gasteiger charge is 2.18. The van der Waals surface area contributed by atoms with Crippen LogP contribution in [-0.2, 0) is 14.3 Å². The normalized spacial score (nSPS) is 12.2. The number of esters is 1. The first-order chi connectivity index (χ1) is 13.4. The van der Waals surface area contributed by atoms with Crippen LogP contribution in [0.5, 0.6) is 0 Å². The second kappa shape index (κ2) is 17.7. The van der Waals surface area contributed by atoms with E-state index in [0.717, 1.165) is 19.3 Å². The minimum Gasteiger partial charge on any atom is -0.457 e. The quantitative estimate of drug-likeness (QED) is 0.251. The van der Waals surface area contributed by atoms with Crippen LogP contribution in [0.15, 0.2) is 0 Å². The molecular formula is C20H40N2O6. The Morgan fingerprint density at radius 3 is 2.18 bits per heavy atom. The Balaban J connectivity index is 4.36. The van der Waals surface area contributed by atoms with Gasteiger partial charge in [0, 0.05) is 19.5 Å². The Kier molecular flexibility index (Phi) is 16.8. The fourth-order valence-corrected chi connectivity index (χ4v) is 2.65. The molecule has 1 amide bonds. The van der Waals surface area contributed by atoms with Crippen molar-refractivity contribution in [3.05, 3.63) is 0 Å². The number of nitrogens with one attached hydrogen (secondary N) is 1. The summed E-state index contributed by atoms with van der Waals surface area (Å²) >= 11 is 0. The first-order valence-electron chi connectivity index (χ1n) is 10.4. The predicted octanol–water partition coefficient (Wildman–Crippen LogP) is 2.07. The number of carbonyl (C=O) groups is 2. The van der Waals surface area contributed by atoms with Gasteiger partial charge in [0.2, 0.25) is 0 Å². The van der Waals surface area contributed by atoms with E-state index in [0.29, 0.717) is 25.9 Å². The summed E-state index contributed by atoms with van der Waals surface area (Å²) in [7, 11) is 3.85. The van der Waals surface area contributed by atoms with E-state index < -0.39 is 31.4 Å². The smallest absolute Gasteiger partial charge is 0.407 e. The van der Waals surface area contributed by atoms with E-state index in [1.54, 1.807) is 0 Å². The van der Waals surface area contributed by atoms with Crippen LogP contribution in [0.1, 0.15) is 64.7 Å². The zero-order valence-corrected chi connectivity index (χ0v) is 17.8. The van der Waals surface area contributed by atoms with Crippen molar-refractivity contribution in [1.29, 1.82) is 0 Å². The van der Waals surface area contributed by atoms with Gasteiger partial charge in [-0.15, -0.1) is 0 Å². The number of alkyl carbamates (subject to hydrolysis) is 1. The fourth-order valence-electron chi connectivity index (χ4n) is 2.65. The summed E-state index contributed by atoms with van der Waals surface area (Å²) in [5.74, 6) is -0.516. The first-order valence-corrected chi connectivity index (χ1v) is 10.4. The maximum Gasteiger partial charge on any atom is 0.407 e. The molecule has 0 aliphatic rings. The SMILES string of the molecule is CCCCCCCCC(CCC(=O)OC(CO)CO)OC(=O)NCCN(C)C. The van der Waals surface area contributed by atoms with Crippen molar-refractivity contribution >= 4 is 12.1 Å². The molecule has 28 heavy (non-hydrogen) atoms.